The van der Waals surface area contributed by atoms with Crippen LogP contribution in [-0.2, 0) is 24.9 Å². The van der Waals surface area contributed by atoms with Crippen LogP contribution in [0.25, 0.3) is 11.3 Å². The van der Waals surface area contributed by atoms with Crippen LogP contribution in [0.5, 0.6) is 0 Å². The number of nitrogens with zero attached hydrogens (tertiary/aromatic N) is 1. The van der Waals surface area contributed by atoms with E-state index in [0.717, 1.165) is 11.3 Å². The molecule has 4 heteroatoms. The monoisotopic (exact) mass is 448 g/mol. The molecule has 2 aromatic rings. The Labute approximate surface area is 132 Å². The molecule has 0 amide bonds. The van der Waals surface area contributed by atoms with Gasteiger partial charge in [-0.1, -0.05) is 36.4 Å². The maximum absolute atomic E-state index is 10.0. The van der Waals surface area contributed by atoms with Gasteiger partial charge in [-0.3, -0.25) is 9.78 Å². The molecule has 0 aliphatic rings. The van der Waals surface area contributed by atoms with Crippen LogP contribution in [0, 0.1) is 0 Å². The second kappa shape index (κ2) is 10.1. The number of rotatable bonds is 2. The van der Waals surface area contributed by atoms with Crippen LogP contribution in [0.4, 0.5) is 0 Å². The number of allylic oxidation sites excluding steroid dienone is 2. The van der Waals surface area contributed by atoms with Crippen LogP contribution in [0.2, 0.25) is 0 Å². The normalized spacial score (nSPS) is 9.80. The van der Waals surface area contributed by atoms with Crippen LogP contribution >= 0.6 is 0 Å². The molecule has 1 heterocycles. The quantitative estimate of drug-likeness (QED) is 0.563. The standard InChI is InChI=1S/C11H9N.C5H8O2.Ir/c1-2-6-10(7-3-1)11-8-4-5-9-12-11;1-4(6)3-5(2)7;/h1-9H;3,6H,1-2H3;/b;4-3-;. The third-order valence-electron chi connectivity index (χ3n) is 2.15. The number of aliphatic hydroxyl groups excluding tert-OH is 1. The summed E-state index contributed by atoms with van der Waals surface area (Å²) >= 11 is 0. The number of carbonyl (C=O) groups is 1. The third kappa shape index (κ3) is 7.62. The first-order valence-electron chi connectivity index (χ1n) is 5.94. The molecule has 1 N–H and O–H groups in total. The Bertz CT molecular complexity index is 497. The van der Waals surface area contributed by atoms with Crippen molar-refractivity contribution in [3.8, 4) is 11.3 Å². The number of ketones is 1. The zero-order valence-electron chi connectivity index (χ0n) is 11.4. The summed E-state index contributed by atoms with van der Waals surface area (Å²) in [6.07, 6.45) is 2.97. The molecule has 2 rings (SSSR count). The van der Waals surface area contributed by atoms with Gasteiger partial charge in [0.05, 0.1) is 11.5 Å². The molecule has 0 unspecified atom stereocenters. The van der Waals surface area contributed by atoms with Crippen molar-refractivity contribution in [2.75, 3.05) is 0 Å². The van der Waals surface area contributed by atoms with Gasteiger partial charge in [-0.15, -0.1) is 0 Å². The zero-order chi connectivity index (χ0) is 14.1. The fourth-order valence-corrected chi connectivity index (χ4v) is 1.44. The van der Waals surface area contributed by atoms with Gasteiger partial charge in [-0.05, 0) is 26.0 Å². The van der Waals surface area contributed by atoms with Crippen molar-refractivity contribution in [1.82, 2.24) is 4.98 Å². The fourth-order valence-electron chi connectivity index (χ4n) is 1.44. The summed E-state index contributed by atoms with van der Waals surface area (Å²) in [5, 5.41) is 8.36. The van der Waals surface area contributed by atoms with Crippen LogP contribution in [0.15, 0.2) is 66.6 Å². The van der Waals surface area contributed by atoms with Gasteiger partial charge >= 0.3 is 0 Å². The van der Waals surface area contributed by atoms with Crippen molar-refractivity contribution in [3.63, 3.8) is 0 Å². The van der Waals surface area contributed by atoms with Gasteiger partial charge in [-0.25, -0.2) is 0 Å². The molecular formula is C16H17IrNO2. The average molecular weight is 448 g/mol. The number of hydrogen-bond donors (Lipinski definition) is 1. The first kappa shape index (κ1) is 18.2. The SMILES string of the molecule is CC(=O)/C=C(/C)O.[Ir].c1ccc(-c2ccccn2)cc1. The second-order valence-electron chi connectivity index (χ2n) is 3.98. The van der Waals surface area contributed by atoms with Crippen LogP contribution in [0.1, 0.15) is 13.8 Å². The number of aliphatic hydroxyl groups is 1. The topological polar surface area (TPSA) is 50.2 Å². The van der Waals surface area contributed by atoms with Crippen LogP contribution in [0.3, 0.4) is 0 Å². The van der Waals surface area contributed by atoms with Gasteiger partial charge in [0.1, 0.15) is 0 Å². The maximum Gasteiger partial charge on any atom is 0.155 e. The summed E-state index contributed by atoms with van der Waals surface area (Å²) in [6.45, 7) is 2.85. The molecule has 107 valence electrons. The van der Waals surface area contributed by atoms with E-state index in [9.17, 15) is 4.79 Å². The molecular weight excluding hydrogens is 430 g/mol. The van der Waals surface area contributed by atoms with Crippen molar-refractivity contribution in [2.24, 2.45) is 0 Å². The van der Waals surface area contributed by atoms with Crippen LogP contribution < -0.4 is 0 Å². The van der Waals surface area contributed by atoms with Crippen molar-refractivity contribution in [1.29, 1.82) is 0 Å². The predicted octanol–water partition coefficient (Wildman–Crippen LogP) is 3.78. The maximum atomic E-state index is 10.0. The van der Waals surface area contributed by atoms with Gasteiger partial charge in [0, 0.05) is 37.9 Å². The summed E-state index contributed by atoms with van der Waals surface area (Å²) in [5.74, 6) is -0.0625. The van der Waals surface area contributed by atoms with E-state index < -0.39 is 0 Å². The molecule has 0 aliphatic heterocycles. The van der Waals surface area contributed by atoms with Crippen LogP contribution in [-0.4, -0.2) is 15.9 Å². The summed E-state index contributed by atoms with van der Waals surface area (Å²) in [7, 11) is 0. The van der Waals surface area contributed by atoms with E-state index in [1.165, 1.54) is 19.9 Å². The zero-order valence-corrected chi connectivity index (χ0v) is 13.8. The second-order valence-corrected chi connectivity index (χ2v) is 3.98. The molecule has 0 bridgehead atoms. The minimum atomic E-state index is -0.125. The van der Waals surface area contributed by atoms with E-state index in [-0.39, 0.29) is 31.6 Å². The molecule has 0 aliphatic carbocycles. The molecule has 1 aromatic heterocycles. The molecule has 0 atom stereocenters. The number of benzene rings is 1. The Hall–Kier alpha value is -1.77. The van der Waals surface area contributed by atoms with E-state index in [0.29, 0.717) is 0 Å². The summed E-state index contributed by atoms with van der Waals surface area (Å²) in [6, 6.07) is 16.1. The van der Waals surface area contributed by atoms with Gasteiger partial charge in [0.15, 0.2) is 5.78 Å². The summed E-state index contributed by atoms with van der Waals surface area (Å²) in [4.78, 5) is 14.3. The van der Waals surface area contributed by atoms with E-state index in [1.54, 1.807) is 0 Å². The van der Waals surface area contributed by atoms with E-state index in [2.05, 4.69) is 17.1 Å². The molecule has 0 fully saturated rings. The number of pyridine rings is 1. The minimum absolute atomic E-state index is 0. The Morgan fingerprint density at radius 2 is 1.65 bits per heavy atom. The molecule has 1 aromatic carbocycles. The summed E-state index contributed by atoms with van der Waals surface area (Å²) < 4.78 is 0. The van der Waals surface area contributed by atoms with Crippen molar-refractivity contribution in [2.45, 2.75) is 13.8 Å². The van der Waals surface area contributed by atoms with Crippen molar-refractivity contribution in [3.05, 3.63) is 66.6 Å². The predicted molar refractivity (Wildman–Crippen MR) is 76.7 cm³/mol. The van der Waals surface area contributed by atoms with Gasteiger partial charge in [0.2, 0.25) is 0 Å². The number of hydrogen-bond acceptors (Lipinski definition) is 3. The number of carbonyl (C=O) groups excluding carboxylic acids is 1. The van der Waals surface area contributed by atoms with E-state index >= 15 is 0 Å². The molecule has 20 heavy (non-hydrogen) atoms. The molecule has 0 saturated carbocycles. The van der Waals surface area contributed by atoms with Crippen molar-refractivity contribution >= 4 is 5.78 Å². The first-order valence-corrected chi connectivity index (χ1v) is 5.94. The van der Waals surface area contributed by atoms with Gasteiger partial charge < -0.3 is 5.11 Å². The first-order chi connectivity index (χ1) is 9.09. The Balaban J connectivity index is 0.000000396. The van der Waals surface area contributed by atoms with Gasteiger partial charge in [0.25, 0.3) is 0 Å². The smallest absolute Gasteiger partial charge is 0.155 e. The molecule has 0 spiro atoms. The molecule has 3 nitrogen and oxygen atoms in total. The third-order valence-corrected chi connectivity index (χ3v) is 2.15. The Kier molecular flexibility index (Phi) is 9.18. The minimum Gasteiger partial charge on any atom is -0.512 e. The van der Waals surface area contributed by atoms with E-state index in [1.807, 2.05) is 42.6 Å². The Morgan fingerprint density at radius 1 is 1.05 bits per heavy atom. The Morgan fingerprint density at radius 3 is 2.05 bits per heavy atom. The summed E-state index contributed by atoms with van der Waals surface area (Å²) in [5.41, 5.74) is 2.19. The van der Waals surface area contributed by atoms with Crippen molar-refractivity contribution < 1.29 is 30.0 Å². The van der Waals surface area contributed by atoms with E-state index in [4.69, 9.17) is 5.11 Å². The molecule has 0 saturated heterocycles. The number of aromatic nitrogens is 1. The largest absolute Gasteiger partial charge is 0.512 e. The molecule has 1 radical (unpaired) electrons. The van der Waals surface area contributed by atoms with Gasteiger partial charge in [-0.2, -0.15) is 0 Å². The average Bonchev–Trinajstić information content (AvgIpc) is 2.40. The fraction of sp³-hybridized carbons (Fsp3) is 0.125.